The molecule has 1 aliphatic rings. The number of para-hydroxylation sites is 1. The van der Waals surface area contributed by atoms with Crippen LogP contribution in [-0.4, -0.2) is 32.0 Å². The summed E-state index contributed by atoms with van der Waals surface area (Å²) in [6.07, 6.45) is 0.854. The highest BCUT2D eigenvalue weighted by molar-refractivity contribution is 7.92. The van der Waals surface area contributed by atoms with Gasteiger partial charge < -0.3 is 10.6 Å². The summed E-state index contributed by atoms with van der Waals surface area (Å²) in [5.41, 5.74) is 3.72. The number of urea groups is 1. The fourth-order valence-electron chi connectivity index (χ4n) is 6.32. The quantitative estimate of drug-likeness (QED) is 0.116. The Balaban J connectivity index is 1.28. The molecule has 11 heteroatoms. The number of nitro groups is 1. The molecule has 0 aromatic heterocycles. The van der Waals surface area contributed by atoms with Crippen molar-refractivity contribution in [3.63, 3.8) is 0 Å². The number of sulfonamides is 1. The largest absolute Gasteiger partial charge is 0.334 e. The van der Waals surface area contributed by atoms with E-state index in [0.717, 1.165) is 22.8 Å². The molecule has 0 saturated heterocycles. The number of nitro benzene ring substituents is 1. The lowest BCUT2D eigenvalue weighted by molar-refractivity contribution is -0.384. The molecule has 9 nitrogen and oxygen atoms in total. The van der Waals surface area contributed by atoms with E-state index in [1.807, 2.05) is 66.7 Å². The predicted octanol–water partition coefficient (Wildman–Crippen LogP) is 7.63. The van der Waals surface area contributed by atoms with Gasteiger partial charge >= 0.3 is 6.03 Å². The van der Waals surface area contributed by atoms with Crippen molar-refractivity contribution in [3.8, 4) is 0 Å². The maximum Gasteiger partial charge on any atom is 0.315 e. The number of fused-ring (bicyclic) bond motifs is 1. The van der Waals surface area contributed by atoms with Crippen LogP contribution in [0.4, 0.5) is 16.2 Å². The minimum absolute atomic E-state index is 0.0464. The highest BCUT2D eigenvalue weighted by atomic mass is 35.5. The lowest BCUT2D eigenvalue weighted by Crippen LogP contribution is -2.49. The number of anilines is 1. The number of nitrogens with zero attached hydrogens (tertiary/aromatic N) is 2. The molecule has 0 aliphatic carbocycles. The Morgan fingerprint density at radius 2 is 1.44 bits per heavy atom. The number of halogens is 1. The normalized spacial score (nSPS) is 15.0. The standard InChI is InChI=1S/C37H33ClN4O5S/c38-31-21-20-29(25-35(31)42(44)45)48(46,47)41-23-22-32(30-18-10-11-19-34(30)41)39-37(43)40-33(24-26-12-4-1-5-13-26)36(27-14-6-2-7-15-27)28-16-8-3-9-17-28/h1-21,25,32-33,36H,22-24H2,(H2,39,40,43)/t32?,33-/m0/s1. The van der Waals surface area contributed by atoms with Crippen molar-refractivity contribution in [2.24, 2.45) is 0 Å². The van der Waals surface area contributed by atoms with Crippen molar-refractivity contribution in [1.82, 2.24) is 10.6 Å². The van der Waals surface area contributed by atoms with Crippen LogP contribution in [0.3, 0.4) is 0 Å². The second kappa shape index (κ2) is 14.3. The van der Waals surface area contributed by atoms with Crippen LogP contribution in [0.2, 0.25) is 5.02 Å². The van der Waals surface area contributed by atoms with Gasteiger partial charge in [-0.3, -0.25) is 14.4 Å². The zero-order valence-electron chi connectivity index (χ0n) is 25.8. The SMILES string of the molecule is O=C(NC1CCN(S(=O)(=O)c2ccc(Cl)c([N+](=O)[O-])c2)c2ccccc21)N[C@@H](Cc1ccccc1)C(c1ccccc1)c1ccccc1. The molecule has 48 heavy (non-hydrogen) atoms. The first-order valence-corrected chi connectivity index (χ1v) is 17.3. The third-order valence-electron chi connectivity index (χ3n) is 8.54. The number of rotatable bonds is 10. The van der Waals surface area contributed by atoms with E-state index in [1.54, 1.807) is 24.3 Å². The summed E-state index contributed by atoms with van der Waals surface area (Å²) in [6.45, 7) is 0.0464. The van der Waals surface area contributed by atoms with Crippen molar-refractivity contribution < 1.29 is 18.1 Å². The summed E-state index contributed by atoms with van der Waals surface area (Å²) < 4.78 is 28.8. The van der Waals surface area contributed by atoms with Gasteiger partial charge in [0.05, 0.1) is 21.5 Å². The Hall–Kier alpha value is -5.19. The first-order chi connectivity index (χ1) is 23.2. The van der Waals surface area contributed by atoms with E-state index < -0.39 is 26.7 Å². The third-order valence-corrected chi connectivity index (χ3v) is 10.7. The highest BCUT2D eigenvalue weighted by Gasteiger charge is 2.35. The predicted molar refractivity (Wildman–Crippen MR) is 187 cm³/mol. The van der Waals surface area contributed by atoms with E-state index in [-0.39, 0.29) is 40.9 Å². The number of hydrogen-bond acceptors (Lipinski definition) is 5. The molecule has 0 saturated carbocycles. The Morgan fingerprint density at radius 3 is 2.06 bits per heavy atom. The van der Waals surface area contributed by atoms with Gasteiger partial charge in [-0.1, -0.05) is 121 Å². The second-order valence-electron chi connectivity index (χ2n) is 11.6. The van der Waals surface area contributed by atoms with Crippen molar-refractivity contribution in [3.05, 3.63) is 171 Å². The Bertz CT molecular complexity index is 1970. The van der Waals surface area contributed by atoms with Crippen LogP contribution in [0.1, 0.15) is 40.6 Å². The van der Waals surface area contributed by atoms with E-state index in [0.29, 0.717) is 17.7 Å². The maximum absolute atomic E-state index is 13.9. The zero-order chi connectivity index (χ0) is 33.7. The lowest BCUT2D eigenvalue weighted by atomic mass is 9.82. The highest BCUT2D eigenvalue weighted by Crippen LogP contribution is 2.38. The molecule has 0 bridgehead atoms. The Morgan fingerprint density at radius 1 is 0.854 bits per heavy atom. The van der Waals surface area contributed by atoms with Crippen LogP contribution in [0.25, 0.3) is 0 Å². The summed E-state index contributed by atoms with van der Waals surface area (Å²) >= 11 is 5.95. The van der Waals surface area contributed by atoms with E-state index >= 15 is 0 Å². The van der Waals surface area contributed by atoms with Crippen LogP contribution in [0.5, 0.6) is 0 Å². The van der Waals surface area contributed by atoms with Crippen LogP contribution in [0.15, 0.2) is 138 Å². The van der Waals surface area contributed by atoms with Gasteiger partial charge in [-0.25, -0.2) is 13.2 Å². The van der Waals surface area contributed by atoms with Gasteiger partial charge in [-0.15, -0.1) is 0 Å². The van der Waals surface area contributed by atoms with E-state index in [4.69, 9.17) is 11.6 Å². The van der Waals surface area contributed by atoms with Crippen LogP contribution in [-0.2, 0) is 16.4 Å². The summed E-state index contributed by atoms with van der Waals surface area (Å²) in [4.78, 5) is 24.4. The van der Waals surface area contributed by atoms with Gasteiger partial charge in [-0.2, -0.15) is 0 Å². The van der Waals surface area contributed by atoms with Gasteiger partial charge in [0.2, 0.25) is 0 Å². The summed E-state index contributed by atoms with van der Waals surface area (Å²) in [5, 5.41) is 17.7. The van der Waals surface area contributed by atoms with Crippen molar-refractivity contribution in [2.75, 3.05) is 10.8 Å². The molecular formula is C37H33ClN4O5S. The van der Waals surface area contributed by atoms with Crippen LogP contribution in [0, 0.1) is 10.1 Å². The summed E-state index contributed by atoms with van der Waals surface area (Å²) in [5.74, 6) is -0.152. The first-order valence-electron chi connectivity index (χ1n) is 15.5. The molecule has 1 aliphatic heterocycles. The van der Waals surface area contributed by atoms with Crippen molar-refractivity contribution >= 4 is 39.0 Å². The number of hydrogen-bond donors (Lipinski definition) is 2. The van der Waals surface area contributed by atoms with Gasteiger partial charge in [0, 0.05) is 24.6 Å². The molecule has 0 fully saturated rings. The number of nitrogens with one attached hydrogen (secondary N) is 2. The molecule has 1 unspecified atom stereocenters. The lowest BCUT2D eigenvalue weighted by Gasteiger charge is -2.36. The number of benzene rings is 5. The fourth-order valence-corrected chi connectivity index (χ4v) is 8.03. The molecule has 5 aromatic rings. The maximum atomic E-state index is 13.9. The van der Waals surface area contributed by atoms with E-state index in [2.05, 4.69) is 34.9 Å². The second-order valence-corrected chi connectivity index (χ2v) is 13.8. The molecular weight excluding hydrogens is 648 g/mol. The monoisotopic (exact) mass is 680 g/mol. The minimum Gasteiger partial charge on any atom is -0.334 e. The zero-order valence-corrected chi connectivity index (χ0v) is 27.3. The molecule has 0 radical (unpaired) electrons. The Kier molecular flexibility index (Phi) is 9.75. The first kappa shape index (κ1) is 32.7. The summed E-state index contributed by atoms with van der Waals surface area (Å²) in [7, 11) is -4.18. The topological polar surface area (TPSA) is 122 Å². The van der Waals surface area contributed by atoms with E-state index in [1.165, 1.54) is 16.4 Å². The van der Waals surface area contributed by atoms with Crippen LogP contribution >= 0.6 is 11.6 Å². The van der Waals surface area contributed by atoms with Gasteiger partial charge in [-0.05, 0) is 53.3 Å². The van der Waals surface area contributed by atoms with E-state index in [9.17, 15) is 23.3 Å². The summed E-state index contributed by atoms with van der Waals surface area (Å²) in [6, 6.07) is 39.4. The van der Waals surface area contributed by atoms with Gasteiger partial charge in [0.15, 0.2) is 0 Å². The molecule has 2 amide bonds. The van der Waals surface area contributed by atoms with Gasteiger partial charge in [0.1, 0.15) is 5.02 Å². The van der Waals surface area contributed by atoms with Crippen LogP contribution < -0.4 is 14.9 Å². The third kappa shape index (κ3) is 7.05. The van der Waals surface area contributed by atoms with Crippen molar-refractivity contribution in [2.45, 2.75) is 35.7 Å². The number of amides is 2. The molecule has 0 spiro atoms. The number of carbonyl (C=O) groups excluding carboxylic acids is 1. The molecule has 6 rings (SSSR count). The molecule has 2 N–H and O–H groups in total. The Labute approximate surface area is 284 Å². The molecule has 1 heterocycles. The average molecular weight is 681 g/mol. The minimum atomic E-state index is -4.18. The smallest absolute Gasteiger partial charge is 0.315 e. The fraction of sp³-hybridized carbons (Fsp3) is 0.162. The average Bonchev–Trinajstić information content (AvgIpc) is 3.10. The van der Waals surface area contributed by atoms with Crippen molar-refractivity contribution in [1.29, 1.82) is 0 Å². The molecule has 2 atom stereocenters. The van der Waals surface area contributed by atoms with Gasteiger partial charge in [0.25, 0.3) is 15.7 Å². The molecule has 244 valence electrons. The molecule has 5 aromatic carbocycles. The number of carbonyl (C=O) groups is 1.